The molecule has 1 aliphatic rings. The van der Waals surface area contributed by atoms with Crippen molar-refractivity contribution in [2.24, 2.45) is 5.92 Å². The zero-order chi connectivity index (χ0) is 10.3. The summed E-state index contributed by atoms with van der Waals surface area (Å²) >= 11 is 0. The summed E-state index contributed by atoms with van der Waals surface area (Å²) in [5.74, 6) is 0.875. The molecule has 0 bridgehead atoms. The number of aromatic amines is 1. The highest BCUT2D eigenvalue weighted by Gasteiger charge is 2.21. The first-order valence-corrected chi connectivity index (χ1v) is 5.38. The van der Waals surface area contributed by atoms with Gasteiger partial charge in [0.05, 0.1) is 5.39 Å². The molecule has 2 aromatic rings. The maximum absolute atomic E-state index is 4.22. The van der Waals surface area contributed by atoms with Crippen LogP contribution in [0, 0.1) is 12.8 Å². The van der Waals surface area contributed by atoms with Crippen molar-refractivity contribution < 1.29 is 0 Å². The standard InChI is InChI=1S/C11H14N4/c1-7-10-9(13-6-8-2-3-8)4-5-12-11(10)15-14-7/h4-5,8H,2-3,6H2,1H3,(H2,12,13,14,15). The molecule has 2 aromatic heterocycles. The topological polar surface area (TPSA) is 53.6 Å². The van der Waals surface area contributed by atoms with Crippen LogP contribution in [0.2, 0.25) is 0 Å². The smallest absolute Gasteiger partial charge is 0.183 e. The molecular formula is C11H14N4. The first kappa shape index (κ1) is 8.71. The fourth-order valence-corrected chi connectivity index (χ4v) is 1.82. The van der Waals surface area contributed by atoms with E-state index in [1.54, 1.807) is 6.20 Å². The van der Waals surface area contributed by atoms with Gasteiger partial charge in [-0.15, -0.1) is 0 Å². The quantitative estimate of drug-likeness (QED) is 0.801. The fourth-order valence-electron chi connectivity index (χ4n) is 1.82. The van der Waals surface area contributed by atoms with Crippen molar-refractivity contribution in [1.82, 2.24) is 15.2 Å². The van der Waals surface area contributed by atoms with Crippen LogP contribution in [0.15, 0.2) is 12.3 Å². The van der Waals surface area contributed by atoms with E-state index in [1.807, 2.05) is 13.0 Å². The Balaban J connectivity index is 1.96. The summed E-state index contributed by atoms with van der Waals surface area (Å²) in [6.07, 6.45) is 4.54. The van der Waals surface area contributed by atoms with Gasteiger partial charge < -0.3 is 5.32 Å². The van der Waals surface area contributed by atoms with Gasteiger partial charge in [-0.05, 0) is 31.7 Å². The van der Waals surface area contributed by atoms with Gasteiger partial charge in [0.2, 0.25) is 0 Å². The Morgan fingerprint density at radius 2 is 2.40 bits per heavy atom. The second kappa shape index (κ2) is 3.22. The van der Waals surface area contributed by atoms with E-state index in [9.17, 15) is 0 Å². The number of nitrogens with one attached hydrogen (secondary N) is 2. The molecule has 0 amide bonds. The highest BCUT2D eigenvalue weighted by molar-refractivity contribution is 5.90. The average Bonchev–Trinajstić information content (AvgIpc) is 3.00. The van der Waals surface area contributed by atoms with Crippen molar-refractivity contribution in [3.05, 3.63) is 18.0 Å². The zero-order valence-corrected chi connectivity index (χ0v) is 8.75. The van der Waals surface area contributed by atoms with E-state index in [0.717, 1.165) is 34.9 Å². The minimum atomic E-state index is 0.799. The molecule has 2 heterocycles. The summed E-state index contributed by atoms with van der Waals surface area (Å²) < 4.78 is 0. The van der Waals surface area contributed by atoms with Crippen molar-refractivity contribution in [3.63, 3.8) is 0 Å². The number of pyridine rings is 1. The van der Waals surface area contributed by atoms with E-state index >= 15 is 0 Å². The van der Waals surface area contributed by atoms with E-state index in [0.29, 0.717) is 0 Å². The van der Waals surface area contributed by atoms with Gasteiger partial charge in [-0.25, -0.2) is 4.98 Å². The number of aromatic nitrogens is 3. The van der Waals surface area contributed by atoms with Crippen molar-refractivity contribution in [1.29, 1.82) is 0 Å². The lowest BCUT2D eigenvalue weighted by Crippen LogP contribution is -2.03. The lowest BCUT2D eigenvalue weighted by atomic mass is 10.2. The molecule has 15 heavy (non-hydrogen) atoms. The largest absolute Gasteiger partial charge is 0.384 e. The number of aryl methyl sites for hydroxylation is 1. The van der Waals surface area contributed by atoms with Crippen molar-refractivity contribution in [2.75, 3.05) is 11.9 Å². The normalized spacial score (nSPS) is 15.8. The van der Waals surface area contributed by atoms with Crippen LogP contribution in [0.5, 0.6) is 0 Å². The molecular weight excluding hydrogens is 188 g/mol. The van der Waals surface area contributed by atoms with Crippen LogP contribution in [-0.4, -0.2) is 21.7 Å². The summed E-state index contributed by atoms with van der Waals surface area (Å²) in [4.78, 5) is 4.22. The van der Waals surface area contributed by atoms with Crippen molar-refractivity contribution in [2.45, 2.75) is 19.8 Å². The SMILES string of the molecule is Cc1[nH]nc2nccc(NCC3CC3)c12. The molecule has 2 N–H and O–H groups in total. The Bertz CT molecular complexity index is 484. The average molecular weight is 202 g/mol. The summed E-state index contributed by atoms with van der Waals surface area (Å²) in [5, 5.41) is 11.7. The molecule has 0 unspecified atom stereocenters. The molecule has 0 aromatic carbocycles. The zero-order valence-electron chi connectivity index (χ0n) is 8.75. The molecule has 4 heteroatoms. The van der Waals surface area contributed by atoms with E-state index in [-0.39, 0.29) is 0 Å². The number of fused-ring (bicyclic) bond motifs is 1. The minimum Gasteiger partial charge on any atom is -0.384 e. The summed E-state index contributed by atoms with van der Waals surface area (Å²) in [6, 6.07) is 2.02. The number of nitrogens with zero attached hydrogens (tertiary/aromatic N) is 2. The number of rotatable bonds is 3. The predicted molar refractivity (Wildman–Crippen MR) is 59.8 cm³/mol. The monoisotopic (exact) mass is 202 g/mol. The van der Waals surface area contributed by atoms with Crippen LogP contribution < -0.4 is 5.32 Å². The Morgan fingerprint density at radius 3 is 3.20 bits per heavy atom. The molecule has 3 rings (SSSR count). The van der Waals surface area contributed by atoms with Gasteiger partial charge in [-0.2, -0.15) is 5.10 Å². The Hall–Kier alpha value is -1.58. The second-order valence-corrected chi connectivity index (χ2v) is 4.23. The third-order valence-corrected chi connectivity index (χ3v) is 2.91. The molecule has 0 saturated heterocycles. The molecule has 0 radical (unpaired) electrons. The van der Waals surface area contributed by atoms with E-state index in [4.69, 9.17) is 0 Å². The van der Waals surface area contributed by atoms with Crippen LogP contribution in [0.4, 0.5) is 5.69 Å². The van der Waals surface area contributed by atoms with Crippen LogP contribution in [0.3, 0.4) is 0 Å². The Morgan fingerprint density at radius 1 is 1.53 bits per heavy atom. The molecule has 0 aliphatic heterocycles. The number of H-pyrrole nitrogens is 1. The molecule has 78 valence electrons. The highest BCUT2D eigenvalue weighted by Crippen LogP contribution is 2.30. The Kier molecular flexibility index (Phi) is 1.87. The van der Waals surface area contributed by atoms with E-state index in [2.05, 4.69) is 20.5 Å². The van der Waals surface area contributed by atoms with E-state index < -0.39 is 0 Å². The predicted octanol–water partition coefficient (Wildman–Crippen LogP) is 2.09. The number of hydrogen-bond acceptors (Lipinski definition) is 3. The summed E-state index contributed by atoms with van der Waals surface area (Å²) in [6.45, 7) is 3.10. The van der Waals surface area contributed by atoms with Gasteiger partial charge in [0.15, 0.2) is 5.65 Å². The first-order valence-electron chi connectivity index (χ1n) is 5.38. The van der Waals surface area contributed by atoms with E-state index in [1.165, 1.54) is 12.8 Å². The molecule has 1 fully saturated rings. The Labute approximate surface area is 88.1 Å². The van der Waals surface area contributed by atoms with Gasteiger partial charge in [0.1, 0.15) is 0 Å². The van der Waals surface area contributed by atoms with Crippen LogP contribution >= 0.6 is 0 Å². The van der Waals surface area contributed by atoms with Gasteiger partial charge >= 0.3 is 0 Å². The number of hydrogen-bond donors (Lipinski definition) is 2. The van der Waals surface area contributed by atoms with Crippen LogP contribution in [0.25, 0.3) is 11.0 Å². The van der Waals surface area contributed by atoms with Gasteiger partial charge in [0.25, 0.3) is 0 Å². The first-order chi connectivity index (χ1) is 7.34. The summed E-state index contributed by atoms with van der Waals surface area (Å²) in [5.41, 5.74) is 3.03. The maximum atomic E-state index is 4.22. The van der Waals surface area contributed by atoms with Gasteiger partial charge in [-0.1, -0.05) is 0 Å². The van der Waals surface area contributed by atoms with Gasteiger partial charge in [-0.3, -0.25) is 5.10 Å². The van der Waals surface area contributed by atoms with Crippen molar-refractivity contribution >= 4 is 16.7 Å². The molecule has 1 aliphatic carbocycles. The van der Waals surface area contributed by atoms with Crippen LogP contribution in [-0.2, 0) is 0 Å². The summed E-state index contributed by atoms with van der Waals surface area (Å²) in [7, 11) is 0. The van der Waals surface area contributed by atoms with Crippen molar-refractivity contribution in [3.8, 4) is 0 Å². The fraction of sp³-hybridized carbons (Fsp3) is 0.455. The molecule has 1 saturated carbocycles. The molecule has 4 nitrogen and oxygen atoms in total. The highest BCUT2D eigenvalue weighted by atomic mass is 15.1. The third-order valence-electron chi connectivity index (χ3n) is 2.91. The lowest BCUT2D eigenvalue weighted by molar-refractivity contribution is 0.890. The molecule has 0 atom stereocenters. The van der Waals surface area contributed by atoms with Crippen LogP contribution in [0.1, 0.15) is 18.5 Å². The maximum Gasteiger partial charge on any atom is 0.183 e. The van der Waals surface area contributed by atoms with Gasteiger partial charge in [0, 0.05) is 24.1 Å². The number of anilines is 1. The lowest BCUT2D eigenvalue weighted by Gasteiger charge is -2.06. The second-order valence-electron chi connectivity index (χ2n) is 4.23. The molecule has 0 spiro atoms. The minimum absolute atomic E-state index is 0.799. The third kappa shape index (κ3) is 1.56.